The van der Waals surface area contributed by atoms with E-state index in [0.717, 1.165) is 22.4 Å². The van der Waals surface area contributed by atoms with Gasteiger partial charge in [-0.05, 0) is 48.7 Å². The molecule has 0 saturated carbocycles. The number of aromatic nitrogens is 1. The topological polar surface area (TPSA) is 22.1 Å². The first-order chi connectivity index (χ1) is 8.60. The molecule has 0 radical (unpaired) electrons. The third-order valence-corrected chi connectivity index (χ3v) is 3.11. The predicted molar refractivity (Wildman–Crippen MR) is 74.8 cm³/mol. The summed E-state index contributed by atoms with van der Waals surface area (Å²) in [5, 5.41) is 0.708. The zero-order valence-electron chi connectivity index (χ0n) is 10.2. The molecule has 0 amide bonds. The lowest BCUT2D eigenvalue weighted by Crippen LogP contribution is -1.94. The van der Waals surface area contributed by atoms with E-state index in [1.54, 1.807) is 6.20 Å². The Hall–Kier alpha value is -1.25. The fourth-order valence-electron chi connectivity index (χ4n) is 1.75. The van der Waals surface area contributed by atoms with Crippen LogP contribution in [0.4, 0.5) is 0 Å². The molecule has 0 N–H and O–H groups in total. The number of alkyl halides is 1. The van der Waals surface area contributed by atoms with Gasteiger partial charge in [0.25, 0.3) is 0 Å². The molecular formula is C14H13Cl2NO. The van der Waals surface area contributed by atoms with E-state index in [9.17, 15) is 0 Å². The van der Waals surface area contributed by atoms with E-state index in [2.05, 4.69) is 4.98 Å². The molecule has 2 rings (SSSR count). The second kappa shape index (κ2) is 5.59. The van der Waals surface area contributed by atoms with Crippen LogP contribution in [0, 0.1) is 13.8 Å². The normalized spacial score (nSPS) is 10.4. The van der Waals surface area contributed by atoms with E-state index in [1.807, 2.05) is 38.1 Å². The van der Waals surface area contributed by atoms with Crippen LogP contribution < -0.4 is 4.74 Å². The minimum Gasteiger partial charge on any atom is -0.438 e. The largest absolute Gasteiger partial charge is 0.438 e. The molecule has 1 heterocycles. The number of pyridine rings is 1. The van der Waals surface area contributed by atoms with Crippen LogP contribution in [-0.4, -0.2) is 4.98 Å². The van der Waals surface area contributed by atoms with E-state index in [4.69, 9.17) is 27.9 Å². The molecule has 2 nitrogen and oxygen atoms in total. The van der Waals surface area contributed by atoms with Gasteiger partial charge < -0.3 is 4.74 Å². The molecule has 94 valence electrons. The van der Waals surface area contributed by atoms with E-state index in [1.165, 1.54) is 0 Å². The van der Waals surface area contributed by atoms with Crippen molar-refractivity contribution in [1.82, 2.24) is 4.98 Å². The number of hydrogen-bond donors (Lipinski definition) is 0. The molecule has 0 aliphatic rings. The van der Waals surface area contributed by atoms with Gasteiger partial charge in [0, 0.05) is 23.2 Å². The Balaban J connectivity index is 2.33. The summed E-state index contributed by atoms with van der Waals surface area (Å²) in [4.78, 5) is 4.17. The lowest BCUT2D eigenvalue weighted by molar-refractivity contribution is 0.455. The van der Waals surface area contributed by atoms with Gasteiger partial charge in [0.1, 0.15) is 5.75 Å². The summed E-state index contributed by atoms with van der Waals surface area (Å²) in [6.07, 6.45) is 1.69. The Morgan fingerprint density at radius 1 is 1.17 bits per heavy atom. The highest BCUT2D eigenvalue weighted by Gasteiger charge is 2.08. The second-order valence-corrected chi connectivity index (χ2v) is 4.81. The molecule has 0 saturated heterocycles. The fourth-order valence-corrected chi connectivity index (χ4v) is 2.25. The number of halogens is 2. The van der Waals surface area contributed by atoms with Gasteiger partial charge in [-0.2, -0.15) is 0 Å². The highest BCUT2D eigenvalue weighted by atomic mass is 35.5. The lowest BCUT2D eigenvalue weighted by atomic mass is 10.1. The fraction of sp³-hybridized carbons (Fsp3) is 0.214. The van der Waals surface area contributed by atoms with Crippen molar-refractivity contribution in [2.75, 3.05) is 0 Å². The van der Waals surface area contributed by atoms with Crippen molar-refractivity contribution in [1.29, 1.82) is 0 Å². The molecule has 0 fully saturated rings. The Labute approximate surface area is 117 Å². The van der Waals surface area contributed by atoms with E-state index < -0.39 is 0 Å². The van der Waals surface area contributed by atoms with E-state index in [-0.39, 0.29) is 0 Å². The van der Waals surface area contributed by atoms with Crippen LogP contribution in [0.3, 0.4) is 0 Å². The smallest absolute Gasteiger partial charge is 0.219 e. The summed E-state index contributed by atoms with van der Waals surface area (Å²) in [5.74, 6) is 1.78. The first-order valence-electron chi connectivity index (χ1n) is 5.55. The molecule has 2 aromatic rings. The van der Waals surface area contributed by atoms with Gasteiger partial charge in [-0.3, -0.25) is 0 Å². The SMILES string of the molecule is Cc1cc(Cl)cc(C)c1Oc1cc(CCl)ccn1. The van der Waals surface area contributed by atoms with Gasteiger partial charge in [-0.25, -0.2) is 4.98 Å². The maximum absolute atomic E-state index is 5.98. The quantitative estimate of drug-likeness (QED) is 0.748. The molecular weight excluding hydrogens is 269 g/mol. The summed E-state index contributed by atoms with van der Waals surface area (Å²) < 4.78 is 5.81. The van der Waals surface area contributed by atoms with Gasteiger partial charge >= 0.3 is 0 Å². The molecule has 0 unspecified atom stereocenters. The number of benzene rings is 1. The summed E-state index contributed by atoms with van der Waals surface area (Å²) in [5.41, 5.74) is 2.95. The molecule has 0 bridgehead atoms. The van der Waals surface area contributed by atoms with Gasteiger partial charge in [0.15, 0.2) is 0 Å². The number of hydrogen-bond acceptors (Lipinski definition) is 2. The van der Waals surface area contributed by atoms with Crippen LogP contribution in [0.2, 0.25) is 5.02 Å². The van der Waals surface area contributed by atoms with Crippen LogP contribution in [0.5, 0.6) is 11.6 Å². The number of rotatable bonds is 3. The molecule has 0 spiro atoms. The average molecular weight is 282 g/mol. The number of ether oxygens (including phenoxy) is 1. The van der Waals surface area contributed by atoms with E-state index in [0.29, 0.717) is 16.8 Å². The van der Waals surface area contributed by atoms with Crippen LogP contribution >= 0.6 is 23.2 Å². The van der Waals surface area contributed by atoms with Crippen LogP contribution in [-0.2, 0) is 5.88 Å². The van der Waals surface area contributed by atoms with Crippen molar-refractivity contribution in [2.24, 2.45) is 0 Å². The van der Waals surface area contributed by atoms with Crippen molar-refractivity contribution in [2.45, 2.75) is 19.7 Å². The van der Waals surface area contributed by atoms with Crippen LogP contribution in [0.1, 0.15) is 16.7 Å². The van der Waals surface area contributed by atoms with Gasteiger partial charge in [0.2, 0.25) is 5.88 Å². The Morgan fingerprint density at radius 3 is 2.44 bits per heavy atom. The van der Waals surface area contributed by atoms with E-state index >= 15 is 0 Å². The molecule has 18 heavy (non-hydrogen) atoms. The van der Waals surface area contributed by atoms with Crippen molar-refractivity contribution in [3.63, 3.8) is 0 Å². The summed E-state index contributed by atoms with van der Waals surface area (Å²) in [6, 6.07) is 7.44. The first kappa shape index (κ1) is 13.2. The minimum absolute atomic E-state index is 0.442. The molecule has 1 aromatic carbocycles. The summed E-state index contributed by atoms with van der Waals surface area (Å²) in [6.45, 7) is 3.92. The third-order valence-electron chi connectivity index (χ3n) is 2.59. The Kier molecular flexibility index (Phi) is 4.10. The first-order valence-corrected chi connectivity index (χ1v) is 6.47. The minimum atomic E-state index is 0.442. The number of aryl methyl sites for hydroxylation is 2. The number of nitrogens with zero attached hydrogens (tertiary/aromatic N) is 1. The van der Waals surface area contributed by atoms with Gasteiger partial charge in [0.05, 0.1) is 0 Å². The summed E-state index contributed by atoms with van der Waals surface area (Å²) >= 11 is 11.8. The predicted octanol–water partition coefficient (Wildman–Crippen LogP) is 4.88. The highest BCUT2D eigenvalue weighted by Crippen LogP contribution is 2.30. The lowest BCUT2D eigenvalue weighted by Gasteiger charge is -2.11. The maximum atomic E-state index is 5.98. The standard InChI is InChI=1S/C14H13Cl2NO/c1-9-5-12(16)6-10(2)14(9)18-13-7-11(8-15)3-4-17-13/h3-7H,8H2,1-2H3. The molecule has 4 heteroatoms. The van der Waals surface area contributed by atoms with Crippen LogP contribution in [0.25, 0.3) is 0 Å². The monoisotopic (exact) mass is 281 g/mol. The highest BCUT2D eigenvalue weighted by molar-refractivity contribution is 6.30. The van der Waals surface area contributed by atoms with Crippen molar-refractivity contribution >= 4 is 23.2 Å². The Bertz CT molecular complexity index is 546. The van der Waals surface area contributed by atoms with Gasteiger partial charge in [-0.1, -0.05) is 11.6 Å². The molecule has 1 aromatic heterocycles. The van der Waals surface area contributed by atoms with Crippen molar-refractivity contribution in [3.8, 4) is 11.6 Å². The zero-order chi connectivity index (χ0) is 13.1. The zero-order valence-corrected chi connectivity index (χ0v) is 11.7. The maximum Gasteiger partial charge on any atom is 0.219 e. The Morgan fingerprint density at radius 2 is 1.83 bits per heavy atom. The second-order valence-electron chi connectivity index (χ2n) is 4.11. The van der Waals surface area contributed by atoms with Crippen molar-refractivity contribution < 1.29 is 4.74 Å². The van der Waals surface area contributed by atoms with Crippen LogP contribution in [0.15, 0.2) is 30.5 Å². The average Bonchev–Trinajstić information content (AvgIpc) is 2.34. The van der Waals surface area contributed by atoms with Crippen molar-refractivity contribution in [3.05, 3.63) is 52.2 Å². The third kappa shape index (κ3) is 2.95. The molecule has 0 atom stereocenters. The summed E-state index contributed by atoms with van der Waals surface area (Å²) in [7, 11) is 0. The van der Waals surface area contributed by atoms with Gasteiger partial charge in [-0.15, -0.1) is 11.6 Å². The molecule has 0 aliphatic heterocycles. The molecule has 0 aliphatic carbocycles.